The van der Waals surface area contributed by atoms with E-state index < -0.39 is 0 Å². The predicted octanol–water partition coefficient (Wildman–Crippen LogP) is 22.8. The van der Waals surface area contributed by atoms with Crippen molar-refractivity contribution < 1.29 is 25.8 Å². The molecule has 0 amide bonds. The van der Waals surface area contributed by atoms with Crippen LogP contribution in [0.15, 0.2) is 249 Å². The summed E-state index contributed by atoms with van der Waals surface area (Å²) in [7, 11) is 7.00. The number of pyridine rings is 2. The zero-order valence-electron chi connectivity index (χ0n) is 56.9. The van der Waals surface area contributed by atoms with Crippen molar-refractivity contribution in [1.82, 2.24) is 9.97 Å². The molecule has 0 aliphatic heterocycles. The Hall–Kier alpha value is -9.20. The van der Waals surface area contributed by atoms with Crippen LogP contribution < -0.4 is 15.8 Å². The molecule has 0 radical (unpaired) electrons. The Morgan fingerprint density at radius 1 is 0.411 bits per heavy atom. The van der Waals surface area contributed by atoms with Gasteiger partial charge in [0.2, 0.25) is 0 Å². The van der Waals surface area contributed by atoms with Gasteiger partial charge in [-0.15, -0.1) is 5.69 Å². The summed E-state index contributed by atoms with van der Waals surface area (Å²) in [6.07, 6.45) is 9.46. The van der Waals surface area contributed by atoms with Gasteiger partial charge in [0.15, 0.2) is 5.22 Å². The van der Waals surface area contributed by atoms with Crippen molar-refractivity contribution >= 4 is 77.4 Å². The maximum Gasteiger partial charge on any atom is 4.00 e. The van der Waals surface area contributed by atoms with E-state index in [2.05, 4.69) is 320 Å². The first-order valence-corrected chi connectivity index (χ1v) is 33.0. The van der Waals surface area contributed by atoms with Gasteiger partial charge >= 0.3 is 25.8 Å². The fraction of sp³-hybridized carbons (Fsp3) is 0.205. The van der Waals surface area contributed by atoms with Crippen LogP contribution in [0, 0.1) is 6.07 Å². The van der Waals surface area contributed by atoms with Crippen LogP contribution in [-0.2, 0) is 25.8 Å². The average molecular weight is 1410 g/mol. The molecule has 0 saturated heterocycles. The fourth-order valence-corrected chi connectivity index (χ4v) is 13.1. The quantitative estimate of drug-likeness (QED) is 0.0669. The summed E-state index contributed by atoms with van der Waals surface area (Å²) in [5.74, 6) is 1.42. The molecule has 2 unspecified atom stereocenters. The zero-order chi connectivity index (χ0) is 65.8. The average Bonchev–Trinajstić information content (AvgIpc) is 0.788. The second-order valence-electron chi connectivity index (χ2n) is 25.5. The molecule has 0 fully saturated rings. The van der Waals surface area contributed by atoms with Crippen molar-refractivity contribution in [2.24, 2.45) is 0 Å². The van der Waals surface area contributed by atoms with Crippen LogP contribution in [0.25, 0.3) is 104 Å². The van der Waals surface area contributed by atoms with E-state index in [1.807, 2.05) is 18.2 Å². The number of aromatic nitrogens is 2. The third-order valence-electron chi connectivity index (χ3n) is 17.5. The molecule has 95 heavy (non-hydrogen) atoms. The van der Waals surface area contributed by atoms with E-state index in [1.54, 1.807) is 28.2 Å². The number of hydrogen-bond donors (Lipinski definition) is 1. The van der Waals surface area contributed by atoms with E-state index in [0.29, 0.717) is 23.7 Å². The molecule has 2 atom stereocenters. The Labute approximate surface area is 582 Å². The van der Waals surface area contributed by atoms with E-state index in [1.165, 1.54) is 87.4 Å². The number of benzene rings is 11. The smallest absolute Gasteiger partial charge is 0.673 e. The van der Waals surface area contributed by atoms with Crippen LogP contribution >= 0.6 is 0 Å². The fourth-order valence-electron chi connectivity index (χ4n) is 13.1. The van der Waals surface area contributed by atoms with Gasteiger partial charge in [0.25, 0.3) is 0 Å². The van der Waals surface area contributed by atoms with Crippen LogP contribution in [0.2, 0.25) is 0 Å². The molecular formula is C88H85HfN6+. The molecule has 14 rings (SSSR count). The van der Waals surface area contributed by atoms with Gasteiger partial charge in [0.05, 0.1) is 28.7 Å². The van der Waals surface area contributed by atoms with E-state index in [0.717, 1.165) is 55.6 Å². The Morgan fingerprint density at radius 2 is 0.853 bits per heavy atom. The van der Waals surface area contributed by atoms with Gasteiger partial charge in [0, 0.05) is 46.9 Å². The molecule has 13 aromatic rings. The van der Waals surface area contributed by atoms with E-state index in [9.17, 15) is 0 Å². The third kappa shape index (κ3) is 15.0. The predicted molar refractivity (Wildman–Crippen MR) is 405 cm³/mol. The molecule has 6 nitrogen and oxygen atoms in total. The summed E-state index contributed by atoms with van der Waals surface area (Å²) in [5.41, 5.74) is 15.8. The molecule has 7 heteroatoms. The largest absolute Gasteiger partial charge is 4.00 e. The Bertz CT molecular complexity index is 4910. The molecular weight excluding hydrogens is 1320 g/mol. The molecule has 1 aliphatic carbocycles. The second-order valence-corrected chi connectivity index (χ2v) is 25.5. The third-order valence-corrected chi connectivity index (χ3v) is 17.5. The minimum atomic E-state index is -0.316. The van der Waals surface area contributed by atoms with Gasteiger partial charge in [0.1, 0.15) is 0 Å². The van der Waals surface area contributed by atoms with Crippen LogP contribution in [0.1, 0.15) is 136 Å². The molecule has 11 aromatic carbocycles. The van der Waals surface area contributed by atoms with Gasteiger partial charge in [-0.25, -0.2) is 0 Å². The number of nitrogens with one attached hydrogen (secondary N) is 1. The monoisotopic (exact) mass is 1410 g/mol. The van der Waals surface area contributed by atoms with Gasteiger partial charge in [-0.3, -0.25) is 4.98 Å². The van der Waals surface area contributed by atoms with Crippen molar-refractivity contribution in [3.8, 4) is 22.5 Å². The minimum absolute atomic E-state index is 0. The topological polar surface area (TPSA) is 80.1 Å². The molecule has 0 spiro atoms. The van der Waals surface area contributed by atoms with Crippen molar-refractivity contribution in [2.75, 3.05) is 33.5 Å². The number of para-hydroxylation sites is 2. The number of nitrogens with zero attached hydrogens (tertiary/aromatic N) is 5. The first kappa shape index (κ1) is 68.7. The van der Waals surface area contributed by atoms with Crippen LogP contribution in [-0.4, -0.2) is 38.2 Å². The summed E-state index contributed by atoms with van der Waals surface area (Å²) in [4.78, 5) is 10.8. The van der Waals surface area contributed by atoms with Crippen molar-refractivity contribution in [2.45, 2.75) is 91.1 Å². The van der Waals surface area contributed by atoms with Gasteiger partial charge in [-0.1, -0.05) is 279 Å². The zero-order valence-corrected chi connectivity index (χ0v) is 60.5. The Balaban J connectivity index is 0.000000189. The number of anilines is 1. The summed E-state index contributed by atoms with van der Waals surface area (Å²) < 4.78 is 0. The molecule has 1 aliphatic rings. The van der Waals surface area contributed by atoms with Gasteiger partial charge in [-0.2, -0.15) is 28.2 Å². The molecule has 2 aromatic heterocycles. The number of fused-ring (bicyclic) bond motifs is 8. The van der Waals surface area contributed by atoms with Crippen molar-refractivity contribution in [3.63, 3.8) is 0 Å². The molecule has 470 valence electrons. The molecule has 0 bridgehead atoms. The standard InChI is InChI=1S/C42H38N2.C42H35N2.2C2H6N.Hf/c2*1-27(2)31-21-12-22-32(28(3)4)41(31)44-42(38-26-30-15-6-8-18-34(30)35-19-9-10-20-36(35)38)40-25-13-24-39(43-40)37-23-11-16-29-14-5-7-17-33(29)37;2*1-3-2;/h5-28,42,44H,1-4H3;5-13,15-22,24-28,42H,1-4H3;2*1-2H3;/q;3*-1;+4. The van der Waals surface area contributed by atoms with Crippen LogP contribution in [0.4, 0.5) is 11.4 Å². The first-order valence-electron chi connectivity index (χ1n) is 33.0. The van der Waals surface area contributed by atoms with Crippen LogP contribution in [0.3, 0.4) is 0 Å². The maximum absolute atomic E-state index is 5.72. The van der Waals surface area contributed by atoms with Crippen LogP contribution in [0.5, 0.6) is 0 Å². The second kappa shape index (κ2) is 31.8. The first-order chi connectivity index (χ1) is 45.8. The summed E-state index contributed by atoms with van der Waals surface area (Å²) in [6, 6.07) is 87.9. The summed E-state index contributed by atoms with van der Waals surface area (Å²) in [5, 5.41) is 31.3. The molecule has 0 saturated carbocycles. The summed E-state index contributed by atoms with van der Waals surface area (Å²) in [6.45, 7) is 18.1. The summed E-state index contributed by atoms with van der Waals surface area (Å²) >= 11 is 0. The van der Waals surface area contributed by atoms with Crippen molar-refractivity contribution in [3.05, 3.63) is 326 Å². The van der Waals surface area contributed by atoms with E-state index in [4.69, 9.17) is 15.3 Å². The number of rotatable bonds is 14. The number of hydrogen-bond acceptors (Lipinski definition) is 3. The Kier molecular flexibility index (Phi) is 23.0. The van der Waals surface area contributed by atoms with Crippen molar-refractivity contribution in [1.29, 1.82) is 0 Å². The molecule has 1 N–H and O–H groups in total. The van der Waals surface area contributed by atoms with Gasteiger partial charge < -0.3 is 26.3 Å². The van der Waals surface area contributed by atoms with Gasteiger partial charge in [-0.05, 0) is 136 Å². The number of allylic oxidation sites excluding steroid dienone is 2. The molecule has 2 heterocycles. The maximum atomic E-state index is 5.72. The van der Waals surface area contributed by atoms with E-state index in [-0.39, 0.29) is 37.9 Å². The minimum Gasteiger partial charge on any atom is -0.673 e. The van der Waals surface area contributed by atoms with E-state index >= 15 is 0 Å². The normalized spacial score (nSPS) is 12.1. The Morgan fingerprint density at radius 3 is 1.43 bits per heavy atom. The SMILES string of the molecule is CC(C)c1cccc(C(C)C)c1NC(c1cccc(-c2cccc3ccccc23)n1)c1cc2ccccc2c2ccccc12.CC(C)c1cccc(C(C)C)c1[N-]C(c1cccc(-c2[c-]ccc3c2=CC=C[C+]=3)n1)c1cc2ccccc2c2ccccc12.C[N-]C.C[N-]C.[Hf+4].